The van der Waals surface area contributed by atoms with Crippen LogP contribution in [0.25, 0.3) is 5.65 Å². The Hall–Kier alpha value is -4.40. The maximum Gasteiger partial charge on any atom is 0.211 e. The molecule has 0 unspecified atom stereocenters. The zero-order valence-electron chi connectivity index (χ0n) is 24.0. The van der Waals surface area contributed by atoms with Gasteiger partial charge in [0.2, 0.25) is 6.41 Å². The van der Waals surface area contributed by atoms with Crippen LogP contribution >= 0.6 is 0 Å². The maximum atomic E-state index is 10.5. The molecular weight excluding hydrogens is 522 g/mol. The molecule has 1 aliphatic heterocycles. The van der Waals surface area contributed by atoms with Gasteiger partial charge in [0.15, 0.2) is 17.2 Å². The second-order valence-corrected chi connectivity index (χ2v) is 10.4. The lowest BCUT2D eigenvalue weighted by atomic mass is 9.93. The predicted molar refractivity (Wildman–Crippen MR) is 157 cm³/mol. The second-order valence-electron chi connectivity index (χ2n) is 10.4. The van der Waals surface area contributed by atoms with E-state index in [0.717, 1.165) is 67.7 Å². The van der Waals surface area contributed by atoms with E-state index in [0.29, 0.717) is 24.4 Å². The quantitative estimate of drug-likeness (QED) is 0.189. The van der Waals surface area contributed by atoms with Crippen molar-refractivity contribution in [3.05, 3.63) is 65.8 Å². The fourth-order valence-electron chi connectivity index (χ4n) is 3.93. The molecule has 11 nitrogen and oxygen atoms in total. The van der Waals surface area contributed by atoms with E-state index in [2.05, 4.69) is 63.4 Å². The molecule has 0 radical (unpaired) electrons. The molecule has 4 heterocycles. The third kappa shape index (κ3) is 8.79. The van der Waals surface area contributed by atoms with Crippen molar-refractivity contribution in [1.82, 2.24) is 24.7 Å². The van der Waals surface area contributed by atoms with E-state index in [1.165, 1.54) is 0 Å². The van der Waals surface area contributed by atoms with Gasteiger partial charge >= 0.3 is 0 Å². The normalized spacial score (nSPS) is 13.5. The first-order valence-corrected chi connectivity index (χ1v) is 13.6. The van der Waals surface area contributed by atoms with Gasteiger partial charge in [0.1, 0.15) is 5.76 Å². The Balaban J connectivity index is 0.000000296. The van der Waals surface area contributed by atoms with Gasteiger partial charge in [-0.1, -0.05) is 37.8 Å². The van der Waals surface area contributed by atoms with Gasteiger partial charge in [-0.3, -0.25) is 9.69 Å². The first kappa shape index (κ1) is 29.6. The van der Waals surface area contributed by atoms with Crippen molar-refractivity contribution in [3.63, 3.8) is 0 Å². The molecule has 1 aromatic carbocycles. The highest BCUT2D eigenvalue weighted by atomic mass is 16.5. The number of ether oxygens (including phenoxy) is 2. The number of hydrogen-bond acceptors (Lipinski definition) is 9. The molecule has 1 amide bonds. The lowest BCUT2D eigenvalue weighted by Crippen LogP contribution is -2.37. The van der Waals surface area contributed by atoms with E-state index in [1.807, 2.05) is 31.4 Å². The number of fused-ring (bicyclic) bond motifs is 1. The average Bonchev–Trinajstić information content (AvgIpc) is 3.63. The van der Waals surface area contributed by atoms with E-state index in [4.69, 9.17) is 14.0 Å². The molecule has 0 saturated carbocycles. The van der Waals surface area contributed by atoms with E-state index >= 15 is 0 Å². The topological polar surface area (TPSA) is 119 Å². The van der Waals surface area contributed by atoms with Crippen LogP contribution in [-0.2, 0) is 14.9 Å². The van der Waals surface area contributed by atoms with Crippen molar-refractivity contribution in [1.29, 1.82) is 0 Å². The Kier molecular flexibility index (Phi) is 10.3. The Labute approximate surface area is 240 Å². The van der Waals surface area contributed by atoms with Crippen LogP contribution < -0.4 is 15.4 Å². The van der Waals surface area contributed by atoms with E-state index in [1.54, 1.807) is 29.0 Å². The van der Waals surface area contributed by atoms with Gasteiger partial charge in [0, 0.05) is 49.4 Å². The number of morpholine rings is 1. The Morgan fingerprint density at radius 1 is 1.12 bits per heavy atom. The molecule has 41 heavy (non-hydrogen) atoms. The van der Waals surface area contributed by atoms with Crippen LogP contribution in [0, 0.1) is 11.8 Å². The summed E-state index contributed by atoms with van der Waals surface area (Å²) < 4.78 is 18.0. The van der Waals surface area contributed by atoms with Crippen molar-refractivity contribution in [3.8, 4) is 17.6 Å². The Morgan fingerprint density at radius 3 is 2.56 bits per heavy atom. The molecule has 0 atom stereocenters. The lowest BCUT2D eigenvalue weighted by molar-refractivity contribution is -0.105. The molecule has 1 aliphatic rings. The third-order valence-electron chi connectivity index (χ3n) is 6.28. The molecule has 5 rings (SSSR count). The molecule has 1 fully saturated rings. The summed E-state index contributed by atoms with van der Waals surface area (Å²) in [5, 5.41) is 13.7. The number of benzene rings is 1. The summed E-state index contributed by atoms with van der Waals surface area (Å²) in [5.74, 6) is 8.57. The smallest absolute Gasteiger partial charge is 0.211 e. The van der Waals surface area contributed by atoms with Gasteiger partial charge < -0.3 is 24.6 Å². The average molecular weight is 560 g/mol. The van der Waals surface area contributed by atoms with Gasteiger partial charge in [-0.25, -0.2) is 9.50 Å². The summed E-state index contributed by atoms with van der Waals surface area (Å²) in [6.45, 7) is 11.5. The van der Waals surface area contributed by atoms with Crippen molar-refractivity contribution in [2.45, 2.75) is 32.6 Å². The number of aromatic nitrogens is 4. The third-order valence-corrected chi connectivity index (χ3v) is 6.28. The number of anilines is 2. The fraction of sp³-hybridized carbons (Fsp3) is 0.400. The number of nitrogens with zero attached hydrogens (tertiary/aromatic N) is 5. The van der Waals surface area contributed by atoms with E-state index in [9.17, 15) is 4.79 Å². The molecule has 2 N–H and O–H groups in total. The van der Waals surface area contributed by atoms with Crippen LogP contribution in [0.1, 0.15) is 44.1 Å². The standard InChI is InChI=1S/C22H23N5O3.C8H14N2O/c28-17-24-20-6-3-18(4-7-20)2-5-19-14-25-27-16-21(15-23-22(19)27)30-11-1-8-26-9-12-29-13-10-26;1-8(2,3)6-5-7(9-4)10-11-6/h3-4,6-7,14-17H,1,8-13H2,(H,24,28);5H,1-4H3,(H,9,10). The summed E-state index contributed by atoms with van der Waals surface area (Å²) in [6.07, 6.45) is 6.82. The SMILES string of the molecule is CNc1cc(C(C)(C)C)on1.O=CNc1ccc(C#Cc2cnn3cc(OCCCN4CCOCC4)cnc23)cc1. The van der Waals surface area contributed by atoms with Crippen LogP contribution in [0.15, 0.2) is 53.4 Å². The number of hydrogen-bond donors (Lipinski definition) is 2. The second kappa shape index (κ2) is 14.3. The van der Waals surface area contributed by atoms with Crippen molar-refractivity contribution in [2.24, 2.45) is 0 Å². The van der Waals surface area contributed by atoms with Gasteiger partial charge in [-0.2, -0.15) is 5.10 Å². The highest BCUT2D eigenvalue weighted by Crippen LogP contribution is 2.24. The largest absolute Gasteiger partial charge is 0.490 e. The molecule has 0 spiro atoms. The van der Waals surface area contributed by atoms with Crippen LogP contribution in [0.3, 0.4) is 0 Å². The molecule has 11 heteroatoms. The van der Waals surface area contributed by atoms with Crippen molar-refractivity contribution < 1.29 is 18.8 Å². The summed E-state index contributed by atoms with van der Waals surface area (Å²) in [7, 11) is 1.82. The molecule has 4 aromatic rings. The molecule has 3 aromatic heterocycles. The Bertz CT molecular complexity index is 1460. The van der Waals surface area contributed by atoms with E-state index < -0.39 is 0 Å². The van der Waals surface area contributed by atoms with Crippen LogP contribution in [-0.4, -0.2) is 77.6 Å². The van der Waals surface area contributed by atoms with Crippen molar-refractivity contribution >= 4 is 23.6 Å². The van der Waals surface area contributed by atoms with Crippen molar-refractivity contribution in [2.75, 3.05) is 57.1 Å². The summed E-state index contributed by atoms with van der Waals surface area (Å²) in [4.78, 5) is 17.3. The molecule has 0 aliphatic carbocycles. The lowest BCUT2D eigenvalue weighted by Gasteiger charge is -2.26. The monoisotopic (exact) mass is 559 g/mol. The molecule has 0 bridgehead atoms. The summed E-state index contributed by atoms with van der Waals surface area (Å²) in [5.41, 5.74) is 3.03. The first-order valence-electron chi connectivity index (χ1n) is 13.6. The number of rotatable bonds is 8. The van der Waals surface area contributed by atoms with Crippen LogP contribution in [0.4, 0.5) is 11.5 Å². The minimum Gasteiger partial charge on any atom is -0.490 e. The van der Waals surface area contributed by atoms with Gasteiger partial charge in [0.25, 0.3) is 0 Å². The van der Waals surface area contributed by atoms with Crippen LogP contribution in [0.2, 0.25) is 0 Å². The maximum absolute atomic E-state index is 10.5. The number of amides is 1. The minimum absolute atomic E-state index is 0.0437. The highest BCUT2D eigenvalue weighted by molar-refractivity contribution is 5.71. The van der Waals surface area contributed by atoms with Crippen LogP contribution in [0.5, 0.6) is 5.75 Å². The first-order chi connectivity index (χ1) is 19.9. The van der Waals surface area contributed by atoms with Gasteiger partial charge in [-0.05, 0) is 30.7 Å². The molecule has 216 valence electrons. The van der Waals surface area contributed by atoms with Gasteiger partial charge in [0.05, 0.1) is 44.0 Å². The predicted octanol–water partition coefficient (Wildman–Crippen LogP) is 3.81. The highest BCUT2D eigenvalue weighted by Gasteiger charge is 2.19. The van der Waals surface area contributed by atoms with Gasteiger partial charge in [-0.15, -0.1) is 0 Å². The molecule has 1 saturated heterocycles. The molecular formula is C30H37N7O4. The number of nitrogens with one attached hydrogen (secondary N) is 2. The summed E-state index contributed by atoms with van der Waals surface area (Å²) >= 11 is 0. The fourth-order valence-corrected chi connectivity index (χ4v) is 3.93. The Morgan fingerprint density at radius 2 is 1.90 bits per heavy atom. The zero-order valence-corrected chi connectivity index (χ0v) is 24.0. The summed E-state index contributed by atoms with van der Waals surface area (Å²) in [6, 6.07) is 9.21. The number of carbonyl (C=O) groups excluding carboxylic acids is 1. The zero-order chi connectivity index (χ0) is 29.1. The van der Waals surface area contributed by atoms with E-state index in [-0.39, 0.29) is 5.41 Å². The number of carbonyl (C=O) groups is 1. The minimum atomic E-state index is 0.0437.